The molecule has 0 radical (unpaired) electrons. The summed E-state index contributed by atoms with van der Waals surface area (Å²) in [4.78, 5) is 10.6. The molecule has 0 saturated heterocycles. The van der Waals surface area contributed by atoms with E-state index in [4.69, 9.17) is 14.2 Å². The molecule has 0 amide bonds. The maximum atomic E-state index is 10.6. The van der Waals surface area contributed by atoms with Crippen molar-refractivity contribution in [2.24, 2.45) is 0 Å². The van der Waals surface area contributed by atoms with Crippen LogP contribution in [0.4, 0.5) is 0 Å². The third-order valence-corrected chi connectivity index (χ3v) is 2.59. The van der Waals surface area contributed by atoms with Gasteiger partial charge in [-0.15, -0.1) is 0 Å². The minimum atomic E-state index is -1.16. The first-order valence-corrected chi connectivity index (χ1v) is 5.36. The fraction of sp³-hybridized carbons (Fsp3) is 0.417. The van der Waals surface area contributed by atoms with E-state index in [0.29, 0.717) is 22.8 Å². The molecule has 0 aliphatic rings. The lowest BCUT2D eigenvalue weighted by Gasteiger charge is -2.16. The van der Waals surface area contributed by atoms with Gasteiger partial charge in [0.1, 0.15) is 11.8 Å². The molecule has 0 fully saturated rings. The summed E-state index contributed by atoms with van der Waals surface area (Å²) in [6, 6.07) is 2.82. The minimum absolute atomic E-state index is 0.189. The SMILES string of the molecule is COc1cc(OC)c([C@@H]([NH3+])CC(=O)[O-])cc1OC. The fourth-order valence-corrected chi connectivity index (χ4v) is 1.68. The first-order chi connectivity index (χ1) is 8.53. The smallest absolute Gasteiger partial charge is 0.164 e. The van der Waals surface area contributed by atoms with Crippen molar-refractivity contribution in [1.29, 1.82) is 0 Å². The summed E-state index contributed by atoms with van der Waals surface area (Å²) in [5.41, 5.74) is 4.43. The van der Waals surface area contributed by atoms with Crippen molar-refractivity contribution in [3.63, 3.8) is 0 Å². The van der Waals surface area contributed by atoms with Gasteiger partial charge >= 0.3 is 0 Å². The molecule has 0 unspecified atom stereocenters. The molecule has 3 N–H and O–H groups in total. The second-order valence-electron chi connectivity index (χ2n) is 3.72. The molecule has 18 heavy (non-hydrogen) atoms. The van der Waals surface area contributed by atoms with E-state index in [1.54, 1.807) is 12.1 Å². The second-order valence-corrected chi connectivity index (χ2v) is 3.72. The Hall–Kier alpha value is -1.95. The zero-order valence-electron chi connectivity index (χ0n) is 10.7. The zero-order chi connectivity index (χ0) is 13.7. The summed E-state index contributed by atoms with van der Waals surface area (Å²) >= 11 is 0. The van der Waals surface area contributed by atoms with Crippen LogP contribution in [0.1, 0.15) is 18.0 Å². The highest BCUT2D eigenvalue weighted by Gasteiger charge is 2.19. The Morgan fingerprint density at radius 3 is 2.11 bits per heavy atom. The summed E-state index contributed by atoms with van der Waals surface area (Å²) in [5, 5.41) is 10.6. The van der Waals surface area contributed by atoms with Crippen molar-refractivity contribution in [1.82, 2.24) is 0 Å². The second kappa shape index (κ2) is 6.11. The van der Waals surface area contributed by atoms with Crippen molar-refractivity contribution in [3.05, 3.63) is 17.7 Å². The van der Waals surface area contributed by atoms with Gasteiger partial charge in [-0.1, -0.05) is 0 Å². The molecule has 1 atom stereocenters. The highest BCUT2D eigenvalue weighted by molar-refractivity contribution is 5.66. The summed E-state index contributed by atoms with van der Waals surface area (Å²) in [6.07, 6.45) is -0.189. The zero-order valence-corrected chi connectivity index (χ0v) is 10.7. The van der Waals surface area contributed by atoms with Crippen LogP contribution in [0.3, 0.4) is 0 Å². The normalized spacial score (nSPS) is 11.8. The van der Waals surface area contributed by atoms with Gasteiger partial charge in [0, 0.05) is 18.5 Å². The third-order valence-electron chi connectivity index (χ3n) is 2.59. The first kappa shape index (κ1) is 14.1. The van der Waals surface area contributed by atoms with Gasteiger partial charge in [0.25, 0.3) is 0 Å². The summed E-state index contributed by atoms with van der Waals surface area (Å²) in [5.74, 6) is 0.361. The van der Waals surface area contributed by atoms with Gasteiger partial charge in [-0.3, -0.25) is 0 Å². The Labute approximate surface area is 105 Å². The van der Waals surface area contributed by atoms with Gasteiger partial charge in [-0.2, -0.15) is 0 Å². The number of hydrogen-bond acceptors (Lipinski definition) is 5. The molecule has 1 aromatic carbocycles. The number of aliphatic carboxylic acids is 1. The lowest BCUT2D eigenvalue weighted by molar-refractivity contribution is -0.430. The Balaban J connectivity index is 3.20. The van der Waals surface area contributed by atoms with Crippen LogP contribution in [0, 0.1) is 0 Å². The largest absolute Gasteiger partial charge is 0.550 e. The summed E-state index contributed by atoms with van der Waals surface area (Å²) in [7, 11) is 4.52. The van der Waals surface area contributed by atoms with Crippen molar-refractivity contribution < 1.29 is 29.8 Å². The van der Waals surface area contributed by atoms with Crippen molar-refractivity contribution in [3.8, 4) is 17.2 Å². The molecule has 0 bridgehead atoms. The molecule has 0 spiro atoms. The number of carboxylic acids is 1. The number of rotatable bonds is 6. The molecule has 0 heterocycles. The maximum absolute atomic E-state index is 10.6. The Morgan fingerprint density at radius 2 is 1.67 bits per heavy atom. The number of carbonyl (C=O) groups is 1. The molecular weight excluding hydrogens is 238 g/mol. The maximum Gasteiger partial charge on any atom is 0.164 e. The van der Waals surface area contributed by atoms with Gasteiger partial charge < -0.3 is 29.8 Å². The van der Waals surface area contributed by atoms with Crippen LogP contribution in [-0.2, 0) is 4.79 Å². The predicted octanol–water partition coefficient (Wildman–Crippen LogP) is -0.865. The predicted molar refractivity (Wildman–Crippen MR) is 61.4 cm³/mol. The summed E-state index contributed by atoms with van der Waals surface area (Å²) < 4.78 is 15.5. The van der Waals surface area contributed by atoms with E-state index in [0.717, 1.165) is 0 Å². The van der Waals surface area contributed by atoms with E-state index in [9.17, 15) is 9.90 Å². The van der Waals surface area contributed by atoms with Gasteiger partial charge in [0.2, 0.25) is 0 Å². The van der Waals surface area contributed by atoms with Gasteiger partial charge in [-0.05, 0) is 6.07 Å². The molecule has 0 aliphatic carbocycles. The van der Waals surface area contributed by atoms with Crippen molar-refractivity contribution in [2.75, 3.05) is 21.3 Å². The van der Waals surface area contributed by atoms with E-state index in [1.165, 1.54) is 21.3 Å². The first-order valence-electron chi connectivity index (χ1n) is 5.36. The highest BCUT2D eigenvalue weighted by Crippen LogP contribution is 2.36. The average molecular weight is 255 g/mol. The Morgan fingerprint density at radius 1 is 1.17 bits per heavy atom. The molecule has 0 saturated carbocycles. The van der Waals surface area contributed by atoms with Gasteiger partial charge in [-0.25, -0.2) is 0 Å². The average Bonchev–Trinajstić information content (AvgIpc) is 2.36. The number of carbonyl (C=O) groups excluding carboxylic acids is 1. The third kappa shape index (κ3) is 3.04. The molecule has 6 nitrogen and oxygen atoms in total. The molecule has 6 heteroatoms. The van der Waals surface area contributed by atoms with Gasteiger partial charge in [0.05, 0.1) is 26.9 Å². The van der Waals surface area contributed by atoms with Crippen LogP contribution >= 0.6 is 0 Å². The Kier molecular flexibility index (Phi) is 4.79. The van der Waals surface area contributed by atoms with E-state index in [-0.39, 0.29) is 6.42 Å². The molecule has 100 valence electrons. The number of quaternary nitrogens is 1. The number of hydrogen-bond donors (Lipinski definition) is 1. The van der Waals surface area contributed by atoms with Crippen LogP contribution in [0.2, 0.25) is 0 Å². The minimum Gasteiger partial charge on any atom is -0.550 e. The fourth-order valence-electron chi connectivity index (χ4n) is 1.68. The van der Waals surface area contributed by atoms with E-state index < -0.39 is 12.0 Å². The number of ether oxygens (including phenoxy) is 3. The van der Waals surface area contributed by atoms with E-state index in [2.05, 4.69) is 5.73 Å². The lowest BCUT2D eigenvalue weighted by atomic mass is 10.0. The summed E-state index contributed by atoms with van der Waals surface area (Å²) in [6.45, 7) is 0. The van der Waals surface area contributed by atoms with Crippen molar-refractivity contribution in [2.45, 2.75) is 12.5 Å². The van der Waals surface area contributed by atoms with E-state index in [1.807, 2.05) is 0 Å². The number of carboxylic acid groups (broad SMARTS) is 1. The monoisotopic (exact) mass is 255 g/mol. The molecule has 0 aromatic heterocycles. The Bertz CT molecular complexity index is 433. The van der Waals surface area contributed by atoms with Crippen LogP contribution < -0.4 is 25.1 Å². The molecule has 0 aliphatic heterocycles. The van der Waals surface area contributed by atoms with Crippen molar-refractivity contribution >= 4 is 5.97 Å². The van der Waals surface area contributed by atoms with Crippen LogP contribution in [0.25, 0.3) is 0 Å². The highest BCUT2D eigenvalue weighted by atomic mass is 16.5. The topological polar surface area (TPSA) is 95.5 Å². The molecule has 1 aromatic rings. The van der Waals surface area contributed by atoms with Crippen LogP contribution in [0.5, 0.6) is 17.2 Å². The van der Waals surface area contributed by atoms with Crippen LogP contribution in [0.15, 0.2) is 12.1 Å². The molecule has 1 rings (SSSR count). The van der Waals surface area contributed by atoms with Crippen LogP contribution in [-0.4, -0.2) is 27.3 Å². The standard InChI is InChI=1S/C12H17NO5/c1-16-9-6-11(18-3)10(17-2)4-7(9)8(13)5-12(14)15/h4,6,8H,5,13H2,1-3H3,(H,14,15)/t8-/m0/s1. The van der Waals surface area contributed by atoms with E-state index >= 15 is 0 Å². The quantitative estimate of drug-likeness (QED) is 0.713. The number of methoxy groups -OCH3 is 3. The van der Waals surface area contributed by atoms with Gasteiger partial charge in [0.15, 0.2) is 11.5 Å². The molecular formula is C12H17NO5. The lowest BCUT2D eigenvalue weighted by Crippen LogP contribution is -2.55. The number of benzene rings is 1.